The van der Waals surface area contributed by atoms with Crippen LogP contribution in [0.4, 0.5) is 5.82 Å². The molecule has 2 aromatic rings. The average Bonchev–Trinajstić information content (AvgIpc) is 3.14. The molecule has 1 aliphatic rings. The summed E-state index contributed by atoms with van der Waals surface area (Å²) >= 11 is 0. The SMILES string of the molecule is CCn1cc([C@H]2OCCC[C@@H]2Nc2c(C#N)c(=O)n(C)c(=O)n2C)cn1. The number of ether oxygens (including phenoxy) is 1. The number of nitriles is 1. The monoisotopic (exact) mass is 358 g/mol. The minimum absolute atomic E-state index is 0.0804. The first-order chi connectivity index (χ1) is 12.5. The third kappa shape index (κ3) is 3.04. The average molecular weight is 358 g/mol. The highest BCUT2D eigenvalue weighted by atomic mass is 16.5. The van der Waals surface area contributed by atoms with E-state index in [9.17, 15) is 14.9 Å². The second-order valence-electron chi connectivity index (χ2n) is 6.35. The van der Waals surface area contributed by atoms with Gasteiger partial charge in [-0.1, -0.05) is 0 Å². The number of nitrogens with one attached hydrogen (secondary N) is 1. The van der Waals surface area contributed by atoms with Crippen LogP contribution in [0.2, 0.25) is 0 Å². The Balaban J connectivity index is 2.00. The molecule has 1 fully saturated rings. The van der Waals surface area contributed by atoms with Gasteiger partial charge in [0.25, 0.3) is 5.56 Å². The van der Waals surface area contributed by atoms with Crippen LogP contribution in [-0.4, -0.2) is 31.6 Å². The Bertz CT molecular complexity index is 964. The highest BCUT2D eigenvalue weighted by Gasteiger charge is 2.30. The second kappa shape index (κ2) is 7.17. The largest absolute Gasteiger partial charge is 0.371 e. The van der Waals surface area contributed by atoms with E-state index in [1.165, 1.54) is 11.6 Å². The zero-order chi connectivity index (χ0) is 18.8. The molecule has 0 aromatic carbocycles. The number of rotatable bonds is 4. The molecular formula is C17H22N6O3. The molecule has 0 spiro atoms. The molecule has 0 saturated carbocycles. The molecule has 0 unspecified atom stereocenters. The van der Waals surface area contributed by atoms with Gasteiger partial charge < -0.3 is 10.1 Å². The molecule has 0 bridgehead atoms. The minimum Gasteiger partial charge on any atom is -0.371 e. The Labute approximate surface area is 150 Å². The van der Waals surface area contributed by atoms with E-state index in [-0.39, 0.29) is 23.5 Å². The van der Waals surface area contributed by atoms with Gasteiger partial charge in [0.2, 0.25) is 0 Å². The molecule has 0 aliphatic carbocycles. The summed E-state index contributed by atoms with van der Waals surface area (Å²) in [7, 11) is 2.90. The van der Waals surface area contributed by atoms with Crippen LogP contribution in [0.5, 0.6) is 0 Å². The lowest BCUT2D eigenvalue weighted by molar-refractivity contribution is 0.00541. The van der Waals surface area contributed by atoms with Crippen molar-refractivity contribution in [3.8, 4) is 6.07 Å². The molecule has 3 heterocycles. The van der Waals surface area contributed by atoms with Gasteiger partial charge in [0.1, 0.15) is 18.0 Å². The highest BCUT2D eigenvalue weighted by Crippen LogP contribution is 2.30. The Kier molecular flexibility index (Phi) is 4.95. The van der Waals surface area contributed by atoms with Crippen LogP contribution in [0.3, 0.4) is 0 Å². The van der Waals surface area contributed by atoms with Crippen LogP contribution in [0.15, 0.2) is 22.0 Å². The predicted octanol–water partition coefficient (Wildman–Crippen LogP) is 0.504. The van der Waals surface area contributed by atoms with Gasteiger partial charge in [0, 0.05) is 39.0 Å². The lowest BCUT2D eigenvalue weighted by Crippen LogP contribution is -2.42. The van der Waals surface area contributed by atoms with Gasteiger partial charge in [-0.15, -0.1) is 0 Å². The summed E-state index contributed by atoms with van der Waals surface area (Å²) in [6, 6.07) is 1.74. The third-order valence-corrected chi connectivity index (χ3v) is 4.73. The molecule has 9 nitrogen and oxygen atoms in total. The zero-order valence-electron chi connectivity index (χ0n) is 15.1. The smallest absolute Gasteiger partial charge is 0.332 e. The molecule has 0 radical (unpaired) electrons. The molecule has 1 N–H and O–H groups in total. The summed E-state index contributed by atoms with van der Waals surface area (Å²) in [6.07, 6.45) is 5.06. The van der Waals surface area contributed by atoms with E-state index in [1.54, 1.807) is 13.2 Å². The zero-order valence-corrected chi connectivity index (χ0v) is 15.1. The van der Waals surface area contributed by atoms with E-state index in [0.29, 0.717) is 6.61 Å². The fourth-order valence-corrected chi connectivity index (χ4v) is 3.25. The van der Waals surface area contributed by atoms with Crippen molar-refractivity contribution in [3.63, 3.8) is 0 Å². The van der Waals surface area contributed by atoms with E-state index in [2.05, 4.69) is 10.4 Å². The third-order valence-electron chi connectivity index (χ3n) is 4.73. The maximum Gasteiger partial charge on any atom is 0.332 e. The van der Waals surface area contributed by atoms with Gasteiger partial charge in [-0.25, -0.2) is 4.79 Å². The van der Waals surface area contributed by atoms with Crippen molar-refractivity contribution in [2.24, 2.45) is 14.1 Å². The van der Waals surface area contributed by atoms with E-state index < -0.39 is 11.2 Å². The van der Waals surface area contributed by atoms with E-state index >= 15 is 0 Å². The lowest BCUT2D eigenvalue weighted by atomic mass is 9.98. The summed E-state index contributed by atoms with van der Waals surface area (Å²) in [4.78, 5) is 24.5. The fourth-order valence-electron chi connectivity index (χ4n) is 3.25. The van der Waals surface area contributed by atoms with Gasteiger partial charge in [-0.2, -0.15) is 10.4 Å². The van der Waals surface area contributed by atoms with Crippen molar-refractivity contribution in [2.75, 3.05) is 11.9 Å². The van der Waals surface area contributed by atoms with Gasteiger partial charge in [0.05, 0.1) is 12.2 Å². The molecule has 1 aliphatic heterocycles. The quantitative estimate of drug-likeness (QED) is 0.853. The topological polar surface area (TPSA) is 107 Å². The summed E-state index contributed by atoms with van der Waals surface area (Å²) < 4.78 is 9.98. The first-order valence-corrected chi connectivity index (χ1v) is 8.58. The molecule has 2 aromatic heterocycles. The number of aromatic nitrogens is 4. The molecular weight excluding hydrogens is 336 g/mol. The highest BCUT2D eigenvalue weighted by molar-refractivity contribution is 5.52. The summed E-state index contributed by atoms with van der Waals surface area (Å²) in [5, 5.41) is 16.9. The number of anilines is 1. The number of hydrogen-bond donors (Lipinski definition) is 1. The second-order valence-corrected chi connectivity index (χ2v) is 6.35. The minimum atomic E-state index is -0.606. The first-order valence-electron chi connectivity index (χ1n) is 8.58. The molecule has 2 atom stereocenters. The van der Waals surface area contributed by atoms with Crippen molar-refractivity contribution >= 4 is 5.82 Å². The van der Waals surface area contributed by atoms with E-state index in [1.807, 2.05) is 23.9 Å². The Hall–Kier alpha value is -2.86. The molecule has 138 valence electrons. The van der Waals surface area contributed by atoms with Gasteiger partial charge >= 0.3 is 5.69 Å². The van der Waals surface area contributed by atoms with Crippen LogP contribution >= 0.6 is 0 Å². The summed E-state index contributed by atoms with van der Waals surface area (Å²) in [5.41, 5.74) is -0.242. The molecule has 1 saturated heterocycles. The fraction of sp³-hybridized carbons (Fsp3) is 0.529. The molecule has 26 heavy (non-hydrogen) atoms. The van der Waals surface area contributed by atoms with Crippen LogP contribution in [0.1, 0.15) is 37.0 Å². The summed E-state index contributed by atoms with van der Waals surface area (Å²) in [5.74, 6) is 0.226. The van der Waals surface area contributed by atoms with Crippen molar-refractivity contribution in [1.82, 2.24) is 18.9 Å². The molecule has 9 heteroatoms. The van der Waals surface area contributed by atoms with Crippen molar-refractivity contribution in [2.45, 2.75) is 38.5 Å². The summed E-state index contributed by atoms with van der Waals surface area (Å²) in [6.45, 7) is 3.39. The van der Waals surface area contributed by atoms with E-state index in [0.717, 1.165) is 29.5 Å². The molecule has 0 amide bonds. The maximum absolute atomic E-state index is 12.3. The van der Waals surface area contributed by atoms with Crippen LogP contribution in [0.25, 0.3) is 0 Å². The number of nitrogens with zero attached hydrogens (tertiary/aromatic N) is 5. The number of hydrogen-bond acceptors (Lipinski definition) is 6. The Morgan fingerprint density at radius 1 is 1.38 bits per heavy atom. The van der Waals surface area contributed by atoms with Gasteiger partial charge in [-0.05, 0) is 19.8 Å². The number of aryl methyl sites for hydroxylation is 1. The van der Waals surface area contributed by atoms with Crippen molar-refractivity contribution < 1.29 is 4.74 Å². The predicted molar refractivity (Wildman–Crippen MR) is 94.9 cm³/mol. The lowest BCUT2D eigenvalue weighted by Gasteiger charge is -2.33. The Morgan fingerprint density at radius 2 is 2.15 bits per heavy atom. The van der Waals surface area contributed by atoms with Crippen molar-refractivity contribution in [1.29, 1.82) is 5.26 Å². The van der Waals surface area contributed by atoms with Gasteiger partial charge in [0.15, 0.2) is 5.56 Å². The van der Waals surface area contributed by atoms with Crippen LogP contribution < -0.4 is 16.6 Å². The van der Waals surface area contributed by atoms with Crippen molar-refractivity contribution in [3.05, 3.63) is 44.4 Å². The van der Waals surface area contributed by atoms with E-state index in [4.69, 9.17) is 4.74 Å². The molecule has 3 rings (SSSR count). The van der Waals surface area contributed by atoms with Crippen LogP contribution in [-0.2, 0) is 25.4 Å². The standard InChI is InChI=1S/C17H22N6O3/c1-4-23-10-11(9-19-23)14-13(6-5-7-26-14)20-15-12(8-18)16(24)22(3)17(25)21(15)2/h9-10,13-14,20H,4-7H2,1-3H3/t13-,14+/m0/s1. The maximum atomic E-state index is 12.3. The Morgan fingerprint density at radius 3 is 2.81 bits per heavy atom. The van der Waals surface area contributed by atoms with Crippen LogP contribution in [0, 0.1) is 11.3 Å². The first kappa shape index (κ1) is 17.9. The van der Waals surface area contributed by atoms with Gasteiger partial charge in [-0.3, -0.25) is 18.6 Å². The normalized spacial score (nSPS) is 19.9.